The van der Waals surface area contributed by atoms with Crippen molar-refractivity contribution < 1.29 is 8.42 Å². The molecule has 1 saturated heterocycles. The van der Waals surface area contributed by atoms with E-state index in [1.54, 1.807) is 26.2 Å². The normalized spacial score (nSPS) is 15.5. The fraction of sp³-hybridized carbons (Fsp3) is 0.435. The van der Waals surface area contributed by atoms with E-state index in [0.29, 0.717) is 17.0 Å². The number of sulfonamides is 1. The first-order valence-electron chi connectivity index (χ1n) is 10.7. The van der Waals surface area contributed by atoms with Gasteiger partial charge in [0.15, 0.2) is 5.96 Å². The highest BCUT2D eigenvalue weighted by Gasteiger charge is 2.22. The highest BCUT2D eigenvalue weighted by molar-refractivity contribution is 14.0. The molecule has 0 atom stereocenters. The van der Waals surface area contributed by atoms with Crippen molar-refractivity contribution in [2.45, 2.75) is 24.9 Å². The highest BCUT2D eigenvalue weighted by Crippen LogP contribution is 2.19. The summed E-state index contributed by atoms with van der Waals surface area (Å²) in [5, 5.41) is 3.37. The molecular weight excluding hydrogens is 537 g/mol. The van der Waals surface area contributed by atoms with Crippen LogP contribution in [0, 0.1) is 0 Å². The minimum Gasteiger partial charge on any atom is -0.357 e. The van der Waals surface area contributed by atoms with Crippen molar-refractivity contribution in [2.75, 3.05) is 46.8 Å². The molecule has 0 aromatic heterocycles. The molecule has 0 spiro atoms. The molecule has 0 aliphatic carbocycles. The summed E-state index contributed by atoms with van der Waals surface area (Å²) in [4.78, 5) is 9.80. The van der Waals surface area contributed by atoms with Crippen LogP contribution in [0.5, 0.6) is 0 Å². The molecule has 1 N–H and O–H groups in total. The quantitative estimate of drug-likeness (QED) is 0.315. The first kappa shape index (κ1) is 26.6. The van der Waals surface area contributed by atoms with E-state index >= 15 is 0 Å². The van der Waals surface area contributed by atoms with Gasteiger partial charge in [0, 0.05) is 53.4 Å². The fourth-order valence-corrected chi connectivity index (χ4v) is 4.74. The molecule has 1 aliphatic heterocycles. The monoisotopic (exact) mass is 571 g/mol. The lowest BCUT2D eigenvalue weighted by Crippen LogP contribution is -2.52. The Hall–Kier alpha value is -1.69. The van der Waals surface area contributed by atoms with Gasteiger partial charge in [-0.25, -0.2) is 17.7 Å². The van der Waals surface area contributed by atoms with Gasteiger partial charge in [-0.2, -0.15) is 0 Å². The molecule has 0 bridgehead atoms. The van der Waals surface area contributed by atoms with Crippen molar-refractivity contribution in [3.8, 4) is 0 Å². The molecule has 9 heteroatoms. The lowest BCUT2D eigenvalue weighted by atomic mass is 10.2. The van der Waals surface area contributed by atoms with Gasteiger partial charge in [0.2, 0.25) is 10.0 Å². The number of nitrogens with zero attached hydrogens (tertiary/aromatic N) is 4. The summed E-state index contributed by atoms with van der Waals surface area (Å²) < 4.78 is 26.6. The molecule has 7 nitrogen and oxygen atoms in total. The van der Waals surface area contributed by atoms with Crippen LogP contribution in [0.3, 0.4) is 0 Å². The number of hydrogen-bond acceptors (Lipinski definition) is 4. The Morgan fingerprint density at radius 3 is 2.25 bits per heavy atom. The molecule has 1 heterocycles. The highest BCUT2D eigenvalue weighted by atomic mass is 127. The Morgan fingerprint density at radius 2 is 1.62 bits per heavy atom. The van der Waals surface area contributed by atoms with E-state index in [0.717, 1.165) is 45.2 Å². The SMILES string of the molecule is CCNC(=NCc1ccccc1S(=O)(=O)N(C)C)N1CCN(Cc2ccccc2)CC1.I. The molecule has 1 fully saturated rings. The lowest BCUT2D eigenvalue weighted by Gasteiger charge is -2.36. The Balaban J connectivity index is 0.00000363. The number of benzene rings is 2. The summed E-state index contributed by atoms with van der Waals surface area (Å²) >= 11 is 0. The Labute approximate surface area is 209 Å². The fourth-order valence-electron chi connectivity index (χ4n) is 3.63. The first-order chi connectivity index (χ1) is 14.9. The molecule has 0 unspecified atom stereocenters. The van der Waals surface area contributed by atoms with Crippen LogP contribution in [-0.4, -0.2) is 75.3 Å². The summed E-state index contributed by atoms with van der Waals surface area (Å²) in [6.45, 7) is 7.78. The maximum Gasteiger partial charge on any atom is 0.242 e. The number of halogens is 1. The standard InChI is InChI=1S/C23H33N5O2S.HI/c1-4-24-23(25-18-21-12-8-9-13-22(21)31(29,30)26(2)3)28-16-14-27(15-17-28)19-20-10-6-5-7-11-20;/h5-13H,4,14-19H2,1-3H3,(H,24,25);1H. The average Bonchev–Trinajstić information content (AvgIpc) is 2.78. The van der Waals surface area contributed by atoms with Gasteiger partial charge in [-0.3, -0.25) is 4.90 Å². The zero-order valence-electron chi connectivity index (χ0n) is 19.1. The molecule has 2 aromatic rings. The van der Waals surface area contributed by atoms with E-state index in [1.165, 1.54) is 9.87 Å². The van der Waals surface area contributed by atoms with Gasteiger partial charge in [0.05, 0.1) is 11.4 Å². The topological polar surface area (TPSA) is 68.2 Å². The van der Waals surface area contributed by atoms with Gasteiger partial charge in [-0.05, 0) is 24.1 Å². The third-order valence-electron chi connectivity index (χ3n) is 5.39. The van der Waals surface area contributed by atoms with Crippen LogP contribution in [0.25, 0.3) is 0 Å². The molecule has 3 rings (SSSR count). The van der Waals surface area contributed by atoms with Gasteiger partial charge in [-0.15, -0.1) is 24.0 Å². The first-order valence-corrected chi connectivity index (χ1v) is 12.2. The molecule has 1 aliphatic rings. The second kappa shape index (κ2) is 12.5. The van der Waals surface area contributed by atoms with Crippen molar-refractivity contribution in [1.29, 1.82) is 0 Å². The van der Waals surface area contributed by atoms with Crippen LogP contribution in [0.15, 0.2) is 64.5 Å². The third kappa shape index (κ3) is 6.90. The van der Waals surface area contributed by atoms with Crippen LogP contribution in [0.4, 0.5) is 0 Å². The summed E-state index contributed by atoms with van der Waals surface area (Å²) in [7, 11) is -0.406. The van der Waals surface area contributed by atoms with Crippen LogP contribution in [0.2, 0.25) is 0 Å². The second-order valence-corrected chi connectivity index (χ2v) is 9.93. The average molecular weight is 572 g/mol. The predicted octanol–water partition coefficient (Wildman–Crippen LogP) is 2.84. The van der Waals surface area contributed by atoms with Gasteiger partial charge in [0.25, 0.3) is 0 Å². The summed E-state index contributed by atoms with van der Waals surface area (Å²) in [5.41, 5.74) is 2.03. The lowest BCUT2D eigenvalue weighted by molar-refractivity contribution is 0.172. The van der Waals surface area contributed by atoms with E-state index in [9.17, 15) is 8.42 Å². The van der Waals surface area contributed by atoms with Gasteiger partial charge in [-0.1, -0.05) is 48.5 Å². The van der Waals surface area contributed by atoms with E-state index in [4.69, 9.17) is 4.99 Å². The number of guanidine groups is 1. The van der Waals surface area contributed by atoms with Crippen molar-refractivity contribution in [3.63, 3.8) is 0 Å². The van der Waals surface area contributed by atoms with E-state index < -0.39 is 10.0 Å². The Bertz CT molecular complexity index is 975. The molecule has 0 radical (unpaired) electrons. The Kier molecular flexibility index (Phi) is 10.4. The summed E-state index contributed by atoms with van der Waals surface area (Å²) in [6, 6.07) is 17.6. The van der Waals surface area contributed by atoms with E-state index in [1.807, 2.05) is 25.1 Å². The second-order valence-electron chi connectivity index (χ2n) is 7.81. The summed E-state index contributed by atoms with van der Waals surface area (Å²) in [5.74, 6) is 0.832. The van der Waals surface area contributed by atoms with Crippen LogP contribution in [0.1, 0.15) is 18.1 Å². The third-order valence-corrected chi connectivity index (χ3v) is 7.30. The molecule has 0 amide bonds. The van der Waals surface area contributed by atoms with Gasteiger partial charge >= 0.3 is 0 Å². The van der Waals surface area contributed by atoms with Crippen molar-refractivity contribution in [3.05, 3.63) is 65.7 Å². The molecular formula is C23H34IN5O2S. The molecule has 176 valence electrons. The van der Waals surface area contributed by atoms with E-state index in [2.05, 4.69) is 39.4 Å². The maximum atomic E-state index is 12.7. The summed E-state index contributed by atoms with van der Waals surface area (Å²) in [6.07, 6.45) is 0. The van der Waals surface area contributed by atoms with Gasteiger partial charge in [0.1, 0.15) is 0 Å². The molecule has 0 saturated carbocycles. The minimum atomic E-state index is -3.51. The van der Waals surface area contributed by atoms with Crippen LogP contribution < -0.4 is 5.32 Å². The maximum absolute atomic E-state index is 12.7. The number of aliphatic imine (C=N–C) groups is 1. The van der Waals surface area contributed by atoms with Crippen LogP contribution >= 0.6 is 24.0 Å². The van der Waals surface area contributed by atoms with Crippen molar-refractivity contribution in [1.82, 2.24) is 19.4 Å². The van der Waals surface area contributed by atoms with Crippen LogP contribution in [-0.2, 0) is 23.1 Å². The zero-order valence-corrected chi connectivity index (χ0v) is 22.2. The van der Waals surface area contributed by atoms with Crippen molar-refractivity contribution >= 4 is 40.0 Å². The molecule has 2 aromatic carbocycles. The number of piperazine rings is 1. The van der Waals surface area contributed by atoms with Gasteiger partial charge < -0.3 is 10.2 Å². The van der Waals surface area contributed by atoms with Crippen molar-refractivity contribution in [2.24, 2.45) is 4.99 Å². The number of hydrogen-bond donors (Lipinski definition) is 1. The number of nitrogens with one attached hydrogen (secondary N) is 1. The molecule has 32 heavy (non-hydrogen) atoms. The van der Waals surface area contributed by atoms with E-state index in [-0.39, 0.29) is 24.0 Å². The Morgan fingerprint density at radius 1 is 1.00 bits per heavy atom. The largest absolute Gasteiger partial charge is 0.357 e. The predicted molar refractivity (Wildman–Crippen MR) is 141 cm³/mol. The number of rotatable bonds is 7. The minimum absolute atomic E-state index is 0. The zero-order chi connectivity index (χ0) is 22.3. The smallest absolute Gasteiger partial charge is 0.242 e.